The Morgan fingerprint density at radius 2 is 1.64 bits per heavy atom. The Morgan fingerprint density at radius 3 is 2.22 bits per heavy atom. The van der Waals surface area contributed by atoms with Crippen LogP contribution in [0, 0.1) is 5.92 Å². The number of amides is 2. The molecule has 2 amide bonds. The van der Waals surface area contributed by atoms with E-state index in [9.17, 15) is 27.6 Å². The van der Waals surface area contributed by atoms with Crippen LogP contribution in [-0.2, 0) is 35.4 Å². The summed E-state index contributed by atoms with van der Waals surface area (Å²) >= 11 is 0. The average Bonchev–Trinajstić information content (AvgIpc) is 2.82. The van der Waals surface area contributed by atoms with E-state index in [-0.39, 0.29) is 30.8 Å². The minimum atomic E-state index is -3.50. The van der Waals surface area contributed by atoms with Gasteiger partial charge in [-0.3, -0.25) is 14.4 Å². The number of hydrogen-bond acceptors (Lipinski definition) is 6. The zero-order valence-corrected chi connectivity index (χ0v) is 22.4. The molecule has 1 saturated carbocycles. The van der Waals surface area contributed by atoms with Crippen LogP contribution in [0.4, 0.5) is 0 Å². The molecule has 1 fully saturated rings. The van der Waals surface area contributed by atoms with Crippen LogP contribution in [0.1, 0.15) is 77.7 Å². The summed E-state index contributed by atoms with van der Waals surface area (Å²) in [6, 6.07) is 7.34. The predicted molar refractivity (Wildman–Crippen MR) is 139 cm³/mol. The number of benzene rings is 1. The van der Waals surface area contributed by atoms with Crippen LogP contribution < -0.4 is 10.6 Å². The zero-order chi connectivity index (χ0) is 26.8. The van der Waals surface area contributed by atoms with Crippen LogP contribution in [0.25, 0.3) is 0 Å². The Morgan fingerprint density at radius 1 is 1.00 bits per heavy atom. The van der Waals surface area contributed by atoms with E-state index in [0.29, 0.717) is 18.6 Å². The van der Waals surface area contributed by atoms with Gasteiger partial charge in [0, 0.05) is 12.8 Å². The topological polar surface area (TPSA) is 126 Å². The van der Waals surface area contributed by atoms with Crippen molar-refractivity contribution in [1.29, 1.82) is 0 Å². The highest BCUT2D eigenvalue weighted by molar-refractivity contribution is 7.92. The largest absolute Gasteiger partial charge is 0.344 e. The Hall–Kier alpha value is -2.55. The number of Topliss-reactive ketones (excluding diaryl/α,β-unsaturated/α-hetero) is 1. The van der Waals surface area contributed by atoms with Gasteiger partial charge < -0.3 is 15.4 Å². The molecule has 1 aliphatic carbocycles. The summed E-state index contributed by atoms with van der Waals surface area (Å²) in [6.45, 7) is 4.73. The fourth-order valence-corrected chi connectivity index (χ4v) is 5.45. The number of hydrogen-bond donors (Lipinski definition) is 2. The van der Waals surface area contributed by atoms with Crippen LogP contribution in [0.5, 0.6) is 0 Å². The second-order valence-electron chi connectivity index (χ2n) is 10.6. The first-order valence-electron chi connectivity index (χ1n) is 12.7. The van der Waals surface area contributed by atoms with E-state index < -0.39 is 38.5 Å². The van der Waals surface area contributed by atoms with E-state index in [1.54, 1.807) is 20.8 Å². The lowest BCUT2D eigenvalue weighted by Crippen LogP contribution is -2.53. The van der Waals surface area contributed by atoms with Gasteiger partial charge in [-0.05, 0) is 38.7 Å². The summed E-state index contributed by atoms with van der Waals surface area (Å²) in [7, 11) is -3.50. The molecule has 36 heavy (non-hydrogen) atoms. The Bertz CT molecular complexity index is 995. The summed E-state index contributed by atoms with van der Waals surface area (Å²) in [5.41, 5.74) is 0.809. The van der Waals surface area contributed by atoms with E-state index in [0.717, 1.165) is 37.7 Å². The van der Waals surface area contributed by atoms with Gasteiger partial charge in [0.05, 0.1) is 23.0 Å². The van der Waals surface area contributed by atoms with Crippen molar-refractivity contribution < 1.29 is 27.6 Å². The van der Waals surface area contributed by atoms with E-state index in [1.807, 2.05) is 30.3 Å². The number of carbonyl (C=O) groups excluding carboxylic acids is 4. The molecule has 0 spiro atoms. The molecule has 1 aromatic carbocycles. The van der Waals surface area contributed by atoms with Gasteiger partial charge in [-0.1, -0.05) is 62.4 Å². The minimum absolute atomic E-state index is 0.183. The fraction of sp³-hybridized carbons (Fsp3) is 0.630. The van der Waals surface area contributed by atoms with E-state index in [2.05, 4.69) is 10.6 Å². The Labute approximate surface area is 214 Å². The van der Waals surface area contributed by atoms with Crippen LogP contribution in [0.2, 0.25) is 0 Å². The summed E-state index contributed by atoms with van der Waals surface area (Å²) < 4.78 is 23.8. The normalized spacial score (nSPS) is 16.5. The maximum absolute atomic E-state index is 13.3. The molecule has 0 radical (unpaired) electrons. The first-order valence-corrected chi connectivity index (χ1v) is 14.4. The van der Waals surface area contributed by atoms with Crippen molar-refractivity contribution in [2.45, 2.75) is 95.4 Å². The number of carbonyl (C=O) groups is 4. The first-order chi connectivity index (χ1) is 16.9. The van der Waals surface area contributed by atoms with Gasteiger partial charge in [0.2, 0.25) is 11.8 Å². The Kier molecular flexibility index (Phi) is 11.3. The number of rotatable bonds is 13. The quantitative estimate of drug-likeness (QED) is 0.304. The molecule has 2 rings (SSSR count). The Balaban J connectivity index is 2.15. The molecule has 0 heterocycles. The summed E-state index contributed by atoms with van der Waals surface area (Å²) in [5, 5.41) is 5.46. The average molecular weight is 521 g/mol. The molecule has 0 bridgehead atoms. The van der Waals surface area contributed by atoms with Crippen molar-refractivity contribution in [3.8, 4) is 0 Å². The molecule has 1 aromatic rings. The molecule has 8 nitrogen and oxygen atoms in total. The van der Waals surface area contributed by atoms with Gasteiger partial charge in [-0.2, -0.15) is 0 Å². The van der Waals surface area contributed by atoms with Crippen molar-refractivity contribution >= 4 is 33.7 Å². The van der Waals surface area contributed by atoms with E-state index in [1.165, 1.54) is 0 Å². The van der Waals surface area contributed by atoms with Crippen LogP contribution >= 0.6 is 0 Å². The third-order valence-electron chi connectivity index (χ3n) is 6.75. The van der Waals surface area contributed by atoms with Crippen molar-refractivity contribution in [3.63, 3.8) is 0 Å². The lowest BCUT2D eigenvalue weighted by molar-refractivity contribution is -0.132. The van der Waals surface area contributed by atoms with E-state index >= 15 is 0 Å². The maximum atomic E-state index is 13.3. The van der Waals surface area contributed by atoms with Crippen LogP contribution in [0.3, 0.4) is 0 Å². The smallest absolute Gasteiger partial charge is 0.243 e. The van der Waals surface area contributed by atoms with Crippen LogP contribution in [-0.4, -0.2) is 54.9 Å². The molecule has 0 aliphatic heterocycles. The highest BCUT2D eigenvalue weighted by atomic mass is 32.2. The second-order valence-corrected chi connectivity index (χ2v) is 13.5. The molecule has 2 N–H and O–H groups in total. The molecule has 0 saturated heterocycles. The third-order valence-corrected chi connectivity index (χ3v) is 9.36. The van der Waals surface area contributed by atoms with Gasteiger partial charge in [-0.15, -0.1) is 0 Å². The lowest BCUT2D eigenvalue weighted by atomic mass is 9.83. The number of nitrogens with one attached hydrogen (secondary N) is 2. The SMILES string of the molecule is CC(C)(C)S(=O)(=O)CCC(=O)NC(Cc1ccccc1)C(=O)N[C@@H](CC1CCCCC1)C(=O)CC=O. The number of aldehydes is 1. The van der Waals surface area contributed by atoms with Crippen molar-refractivity contribution in [2.75, 3.05) is 5.75 Å². The molecule has 2 atom stereocenters. The number of sulfone groups is 1. The summed E-state index contributed by atoms with van der Waals surface area (Å²) in [6.07, 6.45) is 5.92. The molecular formula is C27H40N2O6S. The number of ketones is 1. The van der Waals surface area contributed by atoms with Crippen LogP contribution in [0.15, 0.2) is 30.3 Å². The van der Waals surface area contributed by atoms with Gasteiger partial charge in [0.15, 0.2) is 15.6 Å². The van der Waals surface area contributed by atoms with Gasteiger partial charge in [-0.25, -0.2) is 8.42 Å². The van der Waals surface area contributed by atoms with Crippen molar-refractivity contribution in [1.82, 2.24) is 10.6 Å². The van der Waals surface area contributed by atoms with E-state index in [4.69, 9.17) is 0 Å². The predicted octanol–water partition coefficient (Wildman–Crippen LogP) is 2.93. The lowest BCUT2D eigenvalue weighted by Gasteiger charge is -2.28. The molecular weight excluding hydrogens is 480 g/mol. The maximum Gasteiger partial charge on any atom is 0.243 e. The van der Waals surface area contributed by atoms with Crippen molar-refractivity contribution in [2.24, 2.45) is 5.92 Å². The van der Waals surface area contributed by atoms with Gasteiger partial charge >= 0.3 is 0 Å². The summed E-state index contributed by atoms with van der Waals surface area (Å²) in [5.74, 6) is -1.45. The monoisotopic (exact) mass is 520 g/mol. The molecule has 0 aromatic heterocycles. The van der Waals surface area contributed by atoms with Gasteiger partial charge in [0.25, 0.3) is 0 Å². The summed E-state index contributed by atoms with van der Waals surface area (Å²) in [4.78, 5) is 49.7. The van der Waals surface area contributed by atoms with Crippen molar-refractivity contribution in [3.05, 3.63) is 35.9 Å². The third kappa shape index (κ3) is 9.48. The highest BCUT2D eigenvalue weighted by Crippen LogP contribution is 2.27. The second kappa shape index (κ2) is 13.7. The molecule has 9 heteroatoms. The minimum Gasteiger partial charge on any atom is -0.344 e. The van der Waals surface area contributed by atoms with Gasteiger partial charge in [0.1, 0.15) is 12.3 Å². The molecule has 200 valence electrons. The standard InChI is InChI=1S/C27H40N2O6S/c1-27(2,3)36(34,35)17-15-25(32)28-23(19-21-12-8-5-9-13-21)26(33)29-22(24(31)14-16-30)18-20-10-6-4-7-11-20/h5,8-9,12-13,16,20,22-23H,4,6-7,10-11,14-15,17-19H2,1-3H3,(H,28,32)(H,29,33)/t22-,23?/m0/s1. The fourth-order valence-electron chi connectivity index (χ4n) is 4.38. The zero-order valence-electron chi connectivity index (χ0n) is 21.6. The molecule has 1 unspecified atom stereocenters. The first kappa shape index (κ1) is 29.7. The highest BCUT2D eigenvalue weighted by Gasteiger charge is 2.31. The molecule has 1 aliphatic rings.